The molecule has 0 heterocycles. The lowest BCUT2D eigenvalue weighted by atomic mass is 10.2. The highest BCUT2D eigenvalue weighted by Gasteiger charge is 1.76. The lowest BCUT2D eigenvalue weighted by molar-refractivity contribution is 1.23. The molecule has 1 aliphatic rings. The number of allylic oxidation sites excluding steroid dienone is 4. The van der Waals surface area contributed by atoms with Crippen LogP contribution in [0.2, 0.25) is 0 Å². The monoisotopic (exact) mass is 108 g/mol. The highest BCUT2D eigenvalue weighted by Crippen LogP contribution is 1.97. The van der Waals surface area contributed by atoms with Gasteiger partial charge in [-0.05, 0) is 12.8 Å². The topological polar surface area (TPSA) is 0 Å². The lowest BCUT2D eigenvalue weighted by Crippen LogP contribution is -1.66. The van der Waals surface area contributed by atoms with E-state index in [-0.39, 0.29) is 0 Å². The second-order valence-electron chi connectivity index (χ2n) is 1.41. The van der Waals surface area contributed by atoms with Crippen molar-refractivity contribution in [3.63, 3.8) is 0 Å². The number of rotatable bonds is 0. The first kappa shape index (κ1) is 7.22. The quantitative estimate of drug-likeness (QED) is 0.418. The highest BCUT2D eigenvalue weighted by molar-refractivity contribution is 5.02. The Hall–Kier alpha value is -0.780. The molecule has 0 aromatic rings. The summed E-state index contributed by atoms with van der Waals surface area (Å²) in [5, 5.41) is 0. The molecule has 0 N–H and O–H groups in total. The van der Waals surface area contributed by atoms with Crippen LogP contribution in [0, 0.1) is 0 Å². The number of hydrogen-bond acceptors (Lipinski definition) is 0. The summed E-state index contributed by atoms with van der Waals surface area (Å²) >= 11 is 0. The van der Waals surface area contributed by atoms with Crippen molar-refractivity contribution in [3.8, 4) is 0 Å². The van der Waals surface area contributed by atoms with Gasteiger partial charge in [0, 0.05) is 0 Å². The Morgan fingerprint density at radius 1 is 0.750 bits per heavy atom. The molecule has 8 heavy (non-hydrogen) atoms. The molecule has 0 amide bonds. The molecule has 1 aliphatic carbocycles. The lowest BCUT2D eigenvalue weighted by Gasteiger charge is -1.87. The predicted octanol–water partition coefficient (Wildman–Crippen LogP) is 2.69. The van der Waals surface area contributed by atoms with Gasteiger partial charge in [-0.1, -0.05) is 24.3 Å². The van der Waals surface area contributed by atoms with Crippen molar-refractivity contribution in [2.45, 2.75) is 12.8 Å². The van der Waals surface area contributed by atoms with Gasteiger partial charge in [-0.3, -0.25) is 0 Å². The molecule has 0 fully saturated rings. The maximum Gasteiger partial charge on any atom is -0.0169 e. The molecule has 44 valence electrons. The van der Waals surface area contributed by atoms with Crippen LogP contribution in [0.15, 0.2) is 37.5 Å². The van der Waals surface area contributed by atoms with Gasteiger partial charge in [0.15, 0.2) is 0 Å². The Morgan fingerprint density at radius 2 is 1.00 bits per heavy atom. The van der Waals surface area contributed by atoms with Crippen LogP contribution in [0.25, 0.3) is 0 Å². The first-order chi connectivity index (χ1) is 4.00. The first-order valence-electron chi connectivity index (χ1n) is 2.80. The fourth-order valence-electron chi connectivity index (χ4n) is 0.542. The second-order valence-corrected chi connectivity index (χ2v) is 1.41. The number of hydrogen-bond donors (Lipinski definition) is 0. The normalized spacial score (nSPS) is 14.5. The van der Waals surface area contributed by atoms with Crippen LogP contribution in [-0.4, -0.2) is 0 Å². The van der Waals surface area contributed by atoms with Gasteiger partial charge in [-0.15, -0.1) is 13.2 Å². The van der Waals surface area contributed by atoms with E-state index in [0.29, 0.717) is 0 Å². The summed E-state index contributed by atoms with van der Waals surface area (Å²) in [6.07, 6.45) is 11.0. The molecule has 0 atom stereocenters. The summed E-state index contributed by atoms with van der Waals surface area (Å²) in [4.78, 5) is 0. The Morgan fingerprint density at radius 3 is 1.12 bits per heavy atom. The minimum atomic E-state index is 1.14. The van der Waals surface area contributed by atoms with Crippen molar-refractivity contribution < 1.29 is 0 Å². The van der Waals surface area contributed by atoms with E-state index in [1.54, 1.807) is 0 Å². The Labute approximate surface area is 51.2 Å². The van der Waals surface area contributed by atoms with Crippen LogP contribution in [0.3, 0.4) is 0 Å². The minimum Gasteiger partial charge on any atom is -0.106 e. The van der Waals surface area contributed by atoms with Crippen LogP contribution < -0.4 is 0 Å². The van der Waals surface area contributed by atoms with Crippen molar-refractivity contribution in [3.05, 3.63) is 37.5 Å². The van der Waals surface area contributed by atoms with Gasteiger partial charge in [-0.2, -0.15) is 0 Å². The average Bonchev–Trinajstić information content (AvgIpc) is 1.96. The maximum absolute atomic E-state index is 3.00. The van der Waals surface area contributed by atoms with Crippen molar-refractivity contribution in [2.24, 2.45) is 0 Å². The molecule has 0 bridgehead atoms. The molecule has 0 nitrogen and oxygen atoms in total. The molecule has 0 aromatic heterocycles. The van der Waals surface area contributed by atoms with E-state index in [0.717, 1.165) is 12.8 Å². The zero-order chi connectivity index (χ0) is 6.24. The van der Waals surface area contributed by atoms with E-state index in [4.69, 9.17) is 0 Å². The van der Waals surface area contributed by atoms with Gasteiger partial charge in [0.25, 0.3) is 0 Å². The zero-order valence-electron chi connectivity index (χ0n) is 5.14. The van der Waals surface area contributed by atoms with Gasteiger partial charge in [0.1, 0.15) is 0 Å². The first-order valence-corrected chi connectivity index (χ1v) is 2.80. The van der Waals surface area contributed by atoms with Gasteiger partial charge < -0.3 is 0 Å². The van der Waals surface area contributed by atoms with Crippen molar-refractivity contribution in [2.75, 3.05) is 0 Å². The molecular formula is C8H12. The van der Waals surface area contributed by atoms with Crippen molar-refractivity contribution in [1.29, 1.82) is 0 Å². The Bertz CT molecular complexity index is 68.2. The van der Waals surface area contributed by atoms with E-state index < -0.39 is 0 Å². The molecule has 0 saturated heterocycles. The predicted molar refractivity (Wildman–Crippen MR) is 38.8 cm³/mol. The van der Waals surface area contributed by atoms with Crippen LogP contribution in [0.1, 0.15) is 12.8 Å². The van der Waals surface area contributed by atoms with Crippen LogP contribution in [0.5, 0.6) is 0 Å². The summed E-state index contributed by atoms with van der Waals surface area (Å²) in [6.45, 7) is 6.00. The largest absolute Gasteiger partial charge is 0.106 e. The maximum atomic E-state index is 3.00. The average molecular weight is 108 g/mol. The van der Waals surface area contributed by atoms with Gasteiger partial charge >= 0.3 is 0 Å². The van der Waals surface area contributed by atoms with Crippen molar-refractivity contribution >= 4 is 0 Å². The summed E-state index contributed by atoms with van der Waals surface area (Å²) in [5.74, 6) is 0. The molecule has 0 radical (unpaired) electrons. The van der Waals surface area contributed by atoms with Gasteiger partial charge in [-0.25, -0.2) is 0 Å². The third-order valence-electron chi connectivity index (χ3n) is 0.878. The fraction of sp³-hybridized carbons (Fsp3) is 0.250. The highest BCUT2D eigenvalue weighted by atomic mass is 13.8. The van der Waals surface area contributed by atoms with E-state index in [9.17, 15) is 0 Å². The minimum absolute atomic E-state index is 1.14. The van der Waals surface area contributed by atoms with Crippen molar-refractivity contribution in [1.82, 2.24) is 0 Å². The van der Waals surface area contributed by atoms with Crippen LogP contribution in [0.4, 0.5) is 0 Å². The third kappa shape index (κ3) is 3.41. The molecule has 0 unspecified atom stereocenters. The summed E-state index contributed by atoms with van der Waals surface area (Å²) in [7, 11) is 0. The second kappa shape index (κ2) is 6.22. The third-order valence-corrected chi connectivity index (χ3v) is 0.878. The van der Waals surface area contributed by atoms with E-state index in [1.807, 2.05) is 0 Å². The molecule has 0 spiro atoms. The Balaban J connectivity index is 0.000000222. The smallest absolute Gasteiger partial charge is 0.0169 e. The van der Waals surface area contributed by atoms with Crippen LogP contribution in [-0.2, 0) is 0 Å². The van der Waals surface area contributed by atoms with Crippen LogP contribution >= 0.6 is 0 Å². The molecule has 0 aromatic carbocycles. The Kier molecular flexibility index (Phi) is 5.61. The molecule has 0 saturated carbocycles. The molecule has 1 rings (SSSR count). The molecule has 0 heteroatoms. The standard InChI is InChI=1S/C6H8.C2H4/c1-2-4-6-5-3-1;1-2/h1-2,5-6H,3-4H2;1-2H2. The zero-order valence-corrected chi connectivity index (χ0v) is 5.14. The van der Waals surface area contributed by atoms with Gasteiger partial charge in [0.2, 0.25) is 0 Å². The SMILES string of the molecule is C1=CCC=CC1.C=C. The fourth-order valence-corrected chi connectivity index (χ4v) is 0.542. The summed E-state index contributed by atoms with van der Waals surface area (Å²) in [5.41, 5.74) is 0. The molecular weight excluding hydrogens is 96.1 g/mol. The molecule has 0 aliphatic heterocycles. The summed E-state index contributed by atoms with van der Waals surface area (Å²) in [6, 6.07) is 0. The summed E-state index contributed by atoms with van der Waals surface area (Å²) < 4.78 is 0. The van der Waals surface area contributed by atoms with E-state index in [1.165, 1.54) is 0 Å². The van der Waals surface area contributed by atoms with Gasteiger partial charge in [0.05, 0.1) is 0 Å². The van der Waals surface area contributed by atoms with E-state index in [2.05, 4.69) is 37.5 Å². The van der Waals surface area contributed by atoms with E-state index >= 15 is 0 Å².